The summed E-state index contributed by atoms with van der Waals surface area (Å²) in [6, 6.07) is 0. The minimum Gasteiger partial charge on any atom is -0.296 e. The van der Waals surface area contributed by atoms with Gasteiger partial charge < -0.3 is 0 Å². The third-order valence-corrected chi connectivity index (χ3v) is 1.92. The third kappa shape index (κ3) is 3.36. The molecule has 0 N–H and O–H groups in total. The number of carbonyl (C=O) groups excluding carboxylic acids is 1. The Morgan fingerprint density at radius 3 is 2.92 bits per heavy atom. The number of aromatic nitrogens is 3. The van der Waals surface area contributed by atoms with Crippen LogP contribution in [0.25, 0.3) is 0 Å². The lowest BCUT2D eigenvalue weighted by atomic mass is 10.2. The summed E-state index contributed by atoms with van der Waals surface area (Å²) in [6.07, 6.45) is 7.21. The molecule has 13 heavy (non-hydrogen) atoms. The van der Waals surface area contributed by atoms with Crippen molar-refractivity contribution in [2.45, 2.75) is 39.2 Å². The van der Waals surface area contributed by atoms with Crippen molar-refractivity contribution in [3.05, 3.63) is 11.9 Å². The van der Waals surface area contributed by atoms with E-state index in [2.05, 4.69) is 17.2 Å². The summed E-state index contributed by atoms with van der Waals surface area (Å²) in [5.41, 5.74) is 0.412. The zero-order chi connectivity index (χ0) is 9.52. The minimum atomic E-state index is 0.412. The normalized spacial score (nSPS) is 10.2. The highest BCUT2D eigenvalue weighted by atomic mass is 16.1. The quantitative estimate of drug-likeness (QED) is 0.495. The first-order valence-corrected chi connectivity index (χ1v) is 4.72. The van der Waals surface area contributed by atoms with E-state index in [1.165, 1.54) is 19.3 Å². The van der Waals surface area contributed by atoms with E-state index in [9.17, 15) is 4.79 Å². The number of hydrogen-bond donors (Lipinski definition) is 0. The van der Waals surface area contributed by atoms with Gasteiger partial charge in [-0.3, -0.25) is 9.48 Å². The van der Waals surface area contributed by atoms with E-state index in [1.807, 2.05) is 0 Å². The Labute approximate surface area is 77.9 Å². The van der Waals surface area contributed by atoms with Gasteiger partial charge in [-0.2, -0.15) is 0 Å². The first-order chi connectivity index (χ1) is 6.36. The van der Waals surface area contributed by atoms with Crippen LogP contribution in [0.3, 0.4) is 0 Å². The molecule has 0 aliphatic rings. The van der Waals surface area contributed by atoms with E-state index in [-0.39, 0.29) is 0 Å². The summed E-state index contributed by atoms with van der Waals surface area (Å²) < 4.78 is 1.72. The standard InChI is InChI=1S/C9H15N3O/c1-2-3-4-5-6-12-7-9(8-13)10-11-12/h7-8H,2-6H2,1H3. The lowest BCUT2D eigenvalue weighted by molar-refractivity contribution is 0.111. The summed E-state index contributed by atoms with van der Waals surface area (Å²) >= 11 is 0. The number of aryl methyl sites for hydroxylation is 1. The zero-order valence-corrected chi connectivity index (χ0v) is 7.94. The fraction of sp³-hybridized carbons (Fsp3) is 0.667. The Hall–Kier alpha value is -1.19. The van der Waals surface area contributed by atoms with Gasteiger partial charge in [-0.05, 0) is 6.42 Å². The maximum absolute atomic E-state index is 10.3. The van der Waals surface area contributed by atoms with Crippen molar-refractivity contribution in [3.63, 3.8) is 0 Å². The predicted molar refractivity (Wildman–Crippen MR) is 49.6 cm³/mol. The minimum absolute atomic E-state index is 0.412. The van der Waals surface area contributed by atoms with Crippen LogP contribution in [-0.2, 0) is 6.54 Å². The molecule has 0 saturated heterocycles. The third-order valence-electron chi connectivity index (χ3n) is 1.92. The molecule has 0 amide bonds. The summed E-state index contributed by atoms with van der Waals surface area (Å²) in [6.45, 7) is 3.04. The fourth-order valence-corrected chi connectivity index (χ4v) is 1.18. The van der Waals surface area contributed by atoms with Gasteiger partial charge in [-0.1, -0.05) is 31.4 Å². The van der Waals surface area contributed by atoms with Crippen molar-refractivity contribution in [3.8, 4) is 0 Å². The van der Waals surface area contributed by atoms with Crippen LogP contribution in [0, 0.1) is 0 Å². The smallest absolute Gasteiger partial charge is 0.171 e. The molecular weight excluding hydrogens is 166 g/mol. The average molecular weight is 181 g/mol. The van der Waals surface area contributed by atoms with Crippen LogP contribution in [-0.4, -0.2) is 21.3 Å². The molecule has 0 atom stereocenters. The van der Waals surface area contributed by atoms with Gasteiger partial charge in [0.15, 0.2) is 6.29 Å². The Bertz CT molecular complexity index is 257. The van der Waals surface area contributed by atoms with E-state index in [0.29, 0.717) is 5.69 Å². The molecule has 0 aromatic carbocycles. The molecule has 4 nitrogen and oxygen atoms in total. The number of rotatable bonds is 6. The molecule has 1 aromatic rings. The van der Waals surface area contributed by atoms with Crippen molar-refractivity contribution in [2.24, 2.45) is 0 Å². The van der Waals surface area contributed by atoms with Gasteiger partial charge in [0.25, 0.3) is 0 Å². The lowest BCUT2D eigenvalue weighted by Crippen LogP contribution is -1.98. The van der Waals surface area contributed by atoms with Crippen molar-refractivity contribution < 1.29 is 4.79 Å². The van der Waals surface area contributed by atoms with Gasteiger partial charge in [-0.25, -0.2) is 0 Å². The van der Waals surface area contributed by atoms with Gasteiger partial charge in [0, 0.05) is 6.54 Å². The van der Waals surface area contributed by atoms with Crippen LogP contribution in [0.5, 0.6) is 0 Å². The fourth-order valence-electron chi connectivity index (χ4n) is 1.18. The van der Waals surface area contributed by atoms with E-state index in [0.717, 1.165) is 19.3 Å². The number of unbranched alkanes of at least 4 members (excludes halogenated alkanes) is 3. The van der Waals surface area contributed by atoms with Crippen LogP contribution in [0.15, 0.2) is 6.20 Å². The van der Waals surface area contributed by atoms with E-state index in [1.54, 1.807) is 10.9 Å². The van der Waals surface area contributed by atoms with Gasteiger partial charge >= 0.3 is 0 Å². The summed E-state index contributed by atoms with van der Waals surface area (Å²) in [4.78, 5) is 10.3. The molecule has 0 spiro atoms. The molecule has 0 fully saturated rings. The van der Waals surface area contributed by atoms with Crippen molar-refractivity contribution in [1.29, 1.82) is 0 Å². The highest BCUT2D eigenvalue weighted by molar-refractivity contribution is 5.70. The molecule has 0 aliphatic carbocycles. The molecule has 1 aromatic heterocycles. The van der Waals surface area contributed by atoms with Crippen LogP contribution >= 0.6 is 0 Å². The zero-order valence-electron chi connectivity index (χ0n) is 7.94. The second kappa shape index (κ2) is 5.45. The maximum Gasteiger partial charge on any atom is 0.171 e. The Morgan fingerprint density at radius 2 is 2.31 bits per heavy atom. The second-order valence-corrected chi connectivity index (χ2v) is 3.08. The summed E-state index contributed by atoms with van der Waals surface area (Å²) in [7, 11) is 0. The van der Waals surface area contributed by atoms with Gasteiger partial charge in [0.2, 0.25) is 0 Å². The van der Waals surface area contributed by atoms with E-state index >= 15 is 0 Å². The van der Waals surface area contributed by atoms with Crippen LogP contribution < -0.4 is 0 Å². The number of hydrogen-bond acceptors (Lipinski definition) is 3. The van der Waals surface area contributed by atoms with E-state index in [4.69, 9.17) is 0 Å². The van der Waals surface area contributed by atoms with Crippen molar-refractivity contribution in [1.82, 2.24) is 15.0 Å². The molecule has 0 aliphatic heterocycles. The van der Waals surface area contributed by atoms with Crippen LogP contribution in [0.4, 0.5) is 0 Å². The molecule has 0 unspecified atom stereocenters. The van der Waals surface area contributed by atoms with Crippen LogP contribution in [0.1, 0.15) is 43.1 Å². The summed E-state index contributed by atoms with van der Waals surface area (Å²) in [5, 5.41) is 7.50. The largest absolute Gasteiger partial charge is 0.296 e. The molecule has 1 rings (SSSR count). The van der Waals surface area contributed by atoms with Crippen molar-refractivity contribution in [2.75, 3.05) is 0 Å². The Balaban J connectivity index is 2.24. The first kappa shape index (κ1) is 9.89. The molecule has 0 saturated carbocycles. The highest BCUT2D eigenvalue weighted by Crippen LogP contribution is 2.00. The Morgan fingerprint density at radius 1 is 1.46 bits per heavy atom. The average Bonchev–Trinajstić information content (AvgIpc) is 2.60. The van der Waals surface area contributed by atoms with Gasteiger partial charge in [0.05, 0.1) is 6.20 Å². The first-order valence-electron chi connectivity index (χ1n) is 4.72. The molecule has 1 heterocycles. The Kier molecular flexibility index (Phi) is 4.15. The van der Waals surface area contributed by atoms with Gasteiger partial charge in [0.1, 0.15) is 5.69 Å². The number of carbonyl (C=O) groups is 1. The molecule has 0 bridgehead atoms. The molecule has 4 heteroatoms. The molecule has 0 radical (unpaired) electrons. The lowest BCUT2D eigenvalue weighted by Gasteiger charge is -1.98. The monoisotopic (exact) mass is 181 g/mol. The van der Waals surface area contributed by atoms with Crippen LogP contribution in [0.2, 0.25) is 0 Å². The number of nitrogens with zero attached hydrogens (tertiary/aromatic N) is 3. The summed E-state index contributed by atoms with van der Waals surface area (Å²) in [5.74, 6) is 0. The highest BCUT2D eigenvalue weighted by Gasteiger charge is 1.97. The topological polar surface area (TPSA) is 47.8 Å². The van der Waals surface area contributed by atoms with Crippen molar-refractivity contribution >= 4 is 6.29 Å². The number of aldehydes is 1. The van der Waals surface area contributed by atoms with E-state index < -0.39 is 0 Å². The molecule has 72 valence electrons. The predicted octanol–water partition coefficient (Wildman–Crippen LogP) is 1.67. The SMILES string of the molecule is CCCCCCn1cc(C=O)nn1. The maximum atomic E-state index is 10.3. The second-order valence-electron chi connectivity index (χ2n) is 3.08. The molecular formula is C9H15N3O. The van der Waals surface area contributed by atoms with Gasteiger partial charge in [-0.15, -0.1) is 5.10 Å².